The van der Waals surface area contributed by atoms with Gasteiger partial charge in [0.25, 0.3) is 0 Å². The molecule has 0 unspecified atom stereocenters. The molecule has 19 heavy (non-hydrogen) atoms. The summed E-state index contributed by atoms with van der Waals surface area (Å²) < 4.78 is 0. The first-order chi connectivity index (χ1) is 9.06. The van der Waals surface area contributed by atoms with Crippen LogP contribution in [-0.2, 0) is 4.79 Å². The van der Waals surface area contributed by atoms with Gasteiger partial charge in [0, 0.05) is 13.1 Å². The number of piperidine rings is 1. The molecule has 0 aromatic carbocycles. The predicted octanol–water partition coefficient (Wildman–Crippen LogP) is 2.06. The fourth-order valence-corrected chi connectivity index (χ4v) is 2.16. The molecule has 2 amide bonds. The second kappa shape index (κ2) is 5.88. The lowest BCUT2D eigenvalue weighted by Gasteiger charge is -2.29. The zero-order chi connectivity index (χ0) is 13.8. The van der Waals surface area contributed by atoms with E-state index in [1.54, 1.807) is 23.1 Å². The smallest absolute Gasteiger partial charge is 0.323 e. The van der Waals surface area contributed by atoms with Crippen molar-refractivity contribution in [3.63, 3.8) is 0 Å². The van der Waals surface area contributed by atoms with E-state index in [9.17, 15) is 9.59 Å². The third-order valence-corrected chi connectivity index (χ3v) is 3.29. The van der Waals surface area contributed by atoms with Crippen molar-refractivity contribution < 1.29 is 14.7 Å². The van der Waals surface area contributed by atoms with Gasteiger partial charge in [-0.1, -0.05) is 17.7 Å². The molecule has 2 rings (SSSR count). The third-order valence-electron chi connectivity index (χ3n) is 3.08. The van der Waals surface area contributed by atoms with E-state index in [2.05, 4.69) is 10.3 Å². The predicted molar refractivity (Wildman–Crippen MR) is 70.2 cm³/mol. The van der Waals surface area contributed by atoms with E-state index in [4.69, 9.17) is 16.7 Å². The van der Waals surface area contributed by atoms with Crippen LogP contribution in [0.4, 0.5) is 10.6 Å². The number of nitrogens with zero attached hydrogens (tertiary/aromatic N) is 2. The van der Waals surface area contributed by atoms with Crippen LogP contribution < -0.4 is 5.32 Å². The SMILES string of the molecule is O=C(O)C1CCN(C(=O)Nc2cccc(Cl)n2)CC1. The highest BCUT2D eigenvalue weighted by atomic mass is 35.5. The highest BCUT2D eigenvalue weighted by Crippen LogP contribution is 2.18. The average Bonchev–Trinajstić information content (AvgIpc) is 2.39. The zero-order valence-corrected chi connectivity index (χ0v) is 10.9. The van der Waals surface area contributed by atoms with Crippen LogP contribution >= 0.6 is 11.6 Å². The molecule has 7 heteroatoms. The van der Waals surface area contributed by atoms with Crippen molar-refractivity contribution >= 4 is 29.4 Å². The van der Waals surface area contributed by atoms with Gasteiger partial charge >= 0.3 is 12.0 Å². The lowest BCUT2D eigenvalue weighted by molar-refractivity contribution is -0.143. The number of amides is 2. The monoisotopic (exact) mass is 283 g/mol. The molecule has 0 aliphatic carbocycles. The fourth-order valence-electron chi connectivity index (χ4n) is 2.00. The van der Waals surface area contributed by atoms with Gasteiger partial charge in [-0.25, -0.2) is 9.78 Å². The van der Waals surface area contributed by atoms with Crippen molar-refractivity contribution in [2.24, 2.45) is 5.92 Å². The summed E-state index contributed by atoms with van der Waals surface area (Å²) in [4.78, 5) is 28.3. The Bertz CT molecular complexity index is 487. The van der Waals surface area contributed by atoms with Crippen LogP contribution in [0.1, 0.15) is 12.8 Å². The van der Waals surface area contributed by atoms with Gasteiger partial charge in [0.1, 0.15) is 11.0 Å². The Hall–Kier alpha value is -1.82. The number of aliphatic carboxylic acids is 1. The Labute approximate surface area is 115 Å². The quantitative estimate of drug-likeness (QED) is 0.814. The Morgan fingerprint density at radius 2 is 2.05 bits per heavy atom. The van der Waals surface area contributed by atoms with Crippen molar-refractivity contribution in [2.75, 3.05) is 18.4 Å². The molecule has 0 spiro atoms. The summed E-state index contributed by atoms with van der Waals surface area (Å²) in [6.07, 6.45) is 0.956. The zero-order valence-electron chi connectivity index (χ0n) is 10.2. The molecule has 0 saturated carbocycles. The number of carbonyl (C=O) groups excluding carboxylic acids is 1. The number of hydrogen-bond donors (Lipinski definition) is 2. The van der Waals surface area contributed by atoms with Crippen molar-refractivity contribution in [1.29, 1.82) is 0 Å². The molecule has 0 bridgehead atoms. The molecule has 6 nitrogen and oxygen atoms in total. The lowest BCUT2D eigenvalue weighted by atomic mass is 9.97. The highest BCUT2D eigenvalue weighted by Gasteiger charge is 2.27. The molecule has 2 heterocycles. The van der Waals surface area contributed by atoms with Crippen LogP contribution in [0, 0.1) is 5.92 Å². The van der Waals surface area contributed by atoms with E-state index in [-0.39, 0.29) is 11.9 Å². The first kappa shape index (κ1) is 13.6. The van der Waals surface area contributed by atoms with E-state index >= 15 is 0 Å². The normalized spacial score (nSPS) is 16.2. The molecular formula is C12H14ClN3O3. The summed E-state index contributed by atoms with van der Waals surface area (Å²) >= 11 is 5.73. The highest BCUT2D eigenvalue weighted by molar-refractivity contribution is 6.29. The van der Waals surface area contributed by atoms with E-state index in [0.29, 0.717) is 36.9 Å². The topological polar surface area (TPSA) is 82.5 Å². The Morgan fingerprint density at radius 1 is 1.37 bits per heavy atom. The van der Waals surface area contributed by atoms with Crippen LogP contribution in [-0.4, -0.2) is 40.1 Å². The van der Waals surface area contributed by atoms with Crippen molar-refractivity contribution in [3.8, 4) is 0 Å². The molecule has 102 valence electrons. The van der Waals surface area contributed by atoms with Crippen LogP contribution in [0.15, 0.2) is 18.2 Å². The maximum atomic E-state index is 11.9. The number of halogens is 1. The first-order valence-corrected chi connectivity index (χ1v) is 6.35. The first-order valence-electron chi connectivity index (χ1n) is 5.97. The number of carboxylic acid groups (broad SMARTS) is 1. The van der Waals surface area contributed by atoms with Crippen molar-refractivity contribution in [1.82, 2.24) is 9.88 Å². The molecule has 1 aliphatic heterocycles. The minimum Gasteiger partial charge on any atom is -0.481 e. The van der Waals surface area contributed by atoms with Gasteiger partial charge in [-0.2, -0.15) is 0 Å². The molecule has 1 aromatic rings. The number of carboxylic acids is 1. The van der Waals surface area contributed by atoms with Gasteiger partial charge in [-0.05, 0) is 25.0 Å². The molecule has 0 atom stereocenters. The summed E-state index contributed by atoms with van der Waals surface area (Å²) in [6.45, 7) is 0.868. The number of aromatic nitrogens is 1. The van der Waals surface area contributed by atoms with Crippen LogP contribution in [0.3, 0.4) is 0 Å². The van der Waals surface area contributed by atoms with E-state index in [1.807, 2.05) is 0 Å². The fraction of sp³-hybridized carbons (Fsp3) is 0.417. The Kier molecular flexibility index (Phi) is 4.21. The largest absolute Gasteiger partial charge is 0.481 e. The molecule has 0 radical (unpaired) electrons. The number of nitrogens with one attached hydrogen (secondary N) is 1. The molecule has 1 saturated heterocycles. The number of rotatable bonds is 2. The molecule has 1 aromatic heterocycles. The summed E-state index contributed by atoms with van der Waals surface area (Å²) in [7, 11) is 0. The third kappa shape index (κ3) is 3.57. The number of hydrogen-bond acceptors (Lipinski definition) is 3. The molecule has 1 aliphatic rings. The second-order valence-corrected chi connectivity index (χ2v) is 4.76. The standard InChI is InChI=1S/C12H14ClN3O3/c13-9-2-1-3-10(14-9)15-12(19)16-6-4-8(5-7-16)11(17)18/h1-3,8H,4-7H2,(H,17,18)(H,14,15,19). The van der Waals surface area contributed by atoms with Crippen molar-refractivity contribution in [3.05, 3.63) is 23.4 Å². The molecule has 1 fully saturated rings. The van der Waals surface area contributed by atoms with Gasteiger partial charge in [-0.15, -0.1) is 0 Å². The van der Waals surface area contributed by atoms with E-state index in [0.717, 1.165) is 0 Å². The minimum atomic E-state index is -0.795. The van der Waals surface area contributed by atoms with Gasteiger partial charge in [0.05, 0.1) is 5.92 Å². The number of pyridine rings is 1. The number of anilines is 1. The van der Waals surface area contributed by atoms with Crippen LogP contribution in [0.2, 0.25) is 5.15 Å². The number of carbonyl (C=O) groups is 2. The average molecular weight is 284 g/mol. The van der Waals surface area contributed by atoms with E-state index in [1.165, 1.54) is 0 Å². The second-order valence-electron chi connectivity index (χ2n) is 4.38. The Morgan fingerprint density at radius 3 is 2.63 bits per heavy atom. The van der Waals surface area contributed by atoms with Gasteiger partial charge in [0.2, 0.25) is 0 Å². The van der Waals surface area contributed by atoms with Crippen LogP contribution in [0.5, 0.6) is 0 Å². The molecular weight excluding hydrogens is 270 g/mol. The van der Waals surface area contributed by atoms with Crippen molar-refractivity contribution in [2.45, 2.75) is 12.8 Å². The van der Waals surface area contributed by atoms with Crippen LogP contribution in [0.25, 0.3) is 0 Å². The maximum Gasteiger partial charge on any atom is 0.323 e. The van der Waals surface area contributed by atoms with Gasteiger partial charge < -0.3 is 10.0 Å². The lowest BCUT2D eigenvalue weighted by Crippen LogP contribution is -2.42. The maximum absolute atomic E-state index is 11.9. The summed E-state index contributed by atoms with van der Waals surface area (Å²) in [6, 6.07) is 4.68. The van der Waals surface area contributed by atoms with Gasteiger partial charge in [0.15, 0.2) is 0 Å². The summed E-state index contributed by atoms with van der Waals surface area (Å²) in [5.74, 6) is -0.761. The summed E-state index contributed by atoms with van der Waals surface area (Å²) in [5.41, 5.74) is 0. The minimum absolute atomic E-state index is 0.279. The number of likely N-dealkylation sites (tertiary alicyclic amines) is 1. The summed E-state index contributed by atoms with van der Waals surface area (Å²) in [5, 5.41) is 11.8. The Balaban J connectivity index is 1.90. The number of urea groups is 1. The van der Waals surface area contributed by atoms with Gasteiger partial charge in [-0.3, -0.25) is 10.1 Å². The molecule has 2 N–H and O–H groups in total. The van der Waals surface area contributed by atoms with E-state index < -0.39 is 5.97 Å².